The molecule has 0 atom stereocenters. The molecule has 194 valence electrons. The van der Waals surface area contributed by atoms with E-state index in [4.69, 9.17) is 4.74 Å². The summed E-state index contributed by atoms with van der Waals surface area (Å²) in [7, 11) is -3.04. The van der Waals surface area contributed by atoms with Gasteiger partial charge in [-0.3, -0.25) is 13.9 Å². The number of carbonyl (C=O) groups excluding carboxylic acids is 1. The SMILES string of the molecule is CC(C)n1c(=O)n(-c2cccc(OCC(F)F)c2)c2ccc(C(=O)CC3(C)CCS(=O)(=O)CC3)cc21. The van der Waals surface area contributed by atoms with Crippen LogP contribution >= 0.6 is 0 Å². The van der Waals surface area contributed by atoms with Gasteiger partial charge in [-0.15, -0.1) is 0 Å². The van der Waals surface area contributed by atoms with Crippen LogP contribution in [-0.2, 0) is 9.84 Å². The summed E-state index contributed by atoms with van der Waals surface area (Å²) >= 11 is 0. The molecular formula is C26H30F2N2O5S. The van der Waals surface area contributed by atoms with E-state index in [1.54, 1.807) is 41.0 Å². The first kappa shape index (κ1) is 26.1. The van der Waals surface area contributed by atoms with E-state index in [9.17, 15) is 26.8 Å². The molecule has 0 unspecified atom stereocenters. The molecule has 0 N–H and O–H groups in total. The number of ether oxygens (including phenoxy) is 1. The number of halogens is 2. The van der Waals surface area contributed by atoms with Crippen molar-refractivity contribution < 1.29 is 26.7 Å². The average molecular weight is 521 g/mol. The lowest BCUT2D eigenvalue weighted by atomic mass is 9.78. The normalized spacial score (nSPS) is 17.1. The second kappa shape index (κ2) is 9.80. The second-order valence-electron chi connectivity index (χ2n) is 10.0. The van der Waals surface area contributed by atoms with Gasteiger partial charge in [0.25, 0.3) is 6.43 Å². The molecule has 2 aromatic carbocycles. The molecular weight excluding hydrogens is 490 g/mol. The lowest BCUT2D eigenvalue weighted by Crippen LogP contribution is -2.33. The molecule has 7 nitrogen and oxygen atoms in total. The van der Waals surface area contributed by atoms with Crippen LogP contribution in [0.1, 0.15) is 56.4 Å². The molecule has 0 bridgehead atoms. The van der Waals surface area contributed by atoms with Crippen molar-refractivity contribution in [1.82, 2.24) is 9.13 Å². The molecule has 1 aliphatic heterocycles. The van der Waals surface area contributed by atoms with Crippen molar-refractivity contribution in [2.24, 2.45) is 5.41 Å². The van der Waals surface area contributed by atoms with Crippen molar-refractivity contribution >= 4 is 26.7 Å². The Balaban J connectivity index is 1.71. The first-order valence-corrected chi connectivity index (χ1v) is 13.7. The van der Waals surface area contributed by atoms with Crippen molar-refractivity contribution in [3.63, 3.8) is 0 Å². The third-order valence-electron chi connectivity index (χ3n) is 6.78. The summed E-state index contributed by atoms with van der Waals surface area (Å²) < 4.78 is 57.0. The van der Waals surface area contributed by atoms with Gasteiger partial charge in [0.1, 0.15) is 22.2 Å². The number of nitrogens with zero attached hydrogens (tertiary/aromatic N) is 2. The van der Waals surface area contributed by atoms with Crippen molar-refractivity contribution in [3.05, 3.63) is 58.5 Å². The van der Waals surface area contributed by atoms with E-state index in [-0.39, 0.29) is 46.6 Å². The fourth-order valence-electron chi connectivity index (χ4n) is 4.71. The van der Waals surface area contributed by atoms with Crippen LogP contribution < -0.4 is 10.4 Å². The Morgan fingerprint density at radius 3 is 2.42 bits per heavy atom. The van der Waals surface area contributed by atoms with Crippen LogP contribution in [0.25, 0.3) is 16.7 Å². The minimum absolute atomic E-state index is 0.0889. The van der Waals surface area contributed by atoms with Gasteiger partial charge in [0, 0.05) is 24.1 Å². The second-order valence-corrected chi connectivity index (χ2v) is 12.4. The van der Waals surface area contributed by atoms with Crippen LogP contribution in [-0.4, -0.2) is 47.9 Å². The number of fused-ring (bicyclic) bond motifs is 1. The van der Waals surface area contributed by atoms with Gasteiger partial charge < -0.3 is 4.74 Å². The van der Waals surface area contributed by atoms with Gasteiger partial charge in [0.15, 0.2) is 5.78 Å². The van der Waals surface area contributed by atoms with Crippen LogP contribution in [0.15, 0.2) is 47.3 Å². The molecule has 36 heavy (non-hydrogen) atoms. The quantitative estimate of drug-likeness (QED) is 0.398. The van der Waals surface area contributed by atoms with E-state index in [1.165, 1.54) is 10.6 Å². The number of aromatic nitrogens is 2. The van der Waals surface area contributed by atoms with Crippen LogP contribution in [0.3, 0.4) is 0 Å². The minimum atomic E-state index is -3.04. The first-order chi connectivity index (χ1) is 16.9. The summed E-state index contributed by atoms with van der Waals surface area (Å²) in [6.07, 6.45) is -1.50. The van der Waals surface area contributed by atoms with Crippen LogP contribution in [0.2, 0.25) is 0 Å². The Morgan fingerprint density at radius 1 is 1.08 bits per heavy atom. The molecule has 1 saturated heterocycles. The molecule has 4 rings (SSSR count). The number of ketones is 1. The maximum atomic E-state index is 13.4. The highest BCUT2D eigenvalue weighted by Crippen LogP contribution is 2.37. The van der Waals surface area contributed by atoms with E-state index in [0.717, 1.165) is 0 Å². The smallest absolute Gasteiger partial charge is 0.333 e. The lowest BCUT2D eigenvalue weighted by molar-refractivity contribution is 0.0819. The van der Waals surface area contributed by atoms with Crippen molar-refractivity contribution in [1.29, 1.82) is 0 Å². The predicted molar refractivity (Wildman–Crippen MR) is 134 cm³/mol. The number of alkyl halides is 2. The number of sulfone groups is 1. The molecule has 2 heterocycles. The third-order valence-corrected chi connectivity index (χ3v) is 8.44. The molecule has 1 aliphatic rings. The zero-order valence-corrected chi connectivity index (χ0v) is 21.4. The molecule has 0 aliphatic carbocycles. The number of hydrogen-bond acceptors (Lipinski definition) is 5. The van der Waals surface area contributed by atoms with Gasteiger partial charge in [0.2, 0.25) is 0 Å². The molecule has 0 radical (unpaired) electrons. The fourth-order valence-corrected chi connectivity index (χ4v) is 6.52. The zero-order valence-electron chi connectivity index (χ0n) is 20.5. The third kappa shape index (κ3) is 5.38. The predicted octanol–water partition coefficient (Wildman–Crippen LogP) is 4.80. The summed E-state index contributed by atoms with van der Waals surface area (Å²) in [4.78, 5) is 26.7. The Bertz CT molecular complexity index is 1440. The first-order valence-electron chi connectivity index (χ1n) is 11.9. The molecule has 0 saturated carbocycles. The Morgan fingerprint density at radius 2 is 1.78 bits per heavy atom. The van der Waals surface area contributed by atoms with E-state index >= 15 is 0 Å². The minimum Gasteiger partial charge on any atom is -0.488 e. The van der Waals surface area contributed by atoms with E-state index < -0.39 is 22.9 Å². The molecule has 1 aromatic heterocycles. The highest BCUT2D eigenvalue weighted by atomic mass is 32.2. The van der Waals surface area contributed by atoms with Gasteiger partial charge >= 0.3 is 5.69 Å². The van der Waals surface area contributed by atoms with Gasteiger partial charge in [-0.05, 0) is 62.4 Å². The Labute approximate surface area is 208 Å². The van der Waals surface area contributed by atoms with E-state index in [1.807, 2.05) is 20.8 Å². The Kier molecular flexibility index (Phi) is 7.10. The molecule has 10 heteroatoms. The molecule has 0 amide bonds. The summed E-state index contributed by atoms with van der Waals surface area (Å²) in [6.45, 7) is 4.93. The number of hydrogen-bond donors (Lipinski definition) is 0. The monoisotopic (exact) mass is 520 g/mol. The Hall–Kier alpha value is -3.01. The topological polar surface area (TPSA) is 87.4 Å². The number of carbonyl (C=O) groups is 1. The van der Waals surface area contributed by atoms with Crippen LogP contribution in [0, 0.1) is 5.41 Å². The fraction of sp³-hybridized carbons (Fsp3) is 0.462. The van der Waals surface area contributed by atoms with Crippen molar-refractivity contribution in [3.8, 4) is 11.4 Å². The van der Waals surface area contributed by atoms with E-state index in [0.29, 0.717) is 35.1 Å². The molecule has 0 spiro atoms. The number of imidazole rings is 1. The summed E-state index contributed by atoms with van der Waals surface area (Å²) in [5.41, 5.74) is 1.37. The highest BCUT2D eigenvalue weighted by molar-refractivity contribution is 7.91. The summed E-state index contributed by atoms with van der Waals surface area (Å²) in [5.74, 6) is 0.299. The van der Waals surface area contributed by atoms with Crippen LogP contribution in [0.4, 0.5) is 8.78 Å². The van der Waals surface area contributed by atoms with Crippen molar-refractivity contribution in [2.45, 2.75) is 52.5 Å². The van der Waals surface area contributed by atoms with Gasteiger partial charge in [0.05, 0.1) is 28.2 Å². The number of rotatable bonds is 8. The van der Waals surface area contributed by atoms with Crippen molar-refractivity contribution in [2.75, 3.05) is 18.1 Å². The van der Waals surface area contributed by atoms with Gasteiger partial charge in [-0.25, -0.2) is 22.0 Å². The maximum Gasteiger partial charge on any atom is 0.333 e. The molecule has 1 fully saturated rings. The lowest BCUT2D eigenvalue weighted by Gasteiger charge is -2.32. The highest BCUT2D eigenvalue weighted by Gasteiger charge is 2.35. The summed E-state index contributed by atoms with van der Waals surface area (Å²) in [6, 6.07) is 11.3. The van der Waals surface area contributed by atoms with E-state index in [2.05, 4.69) is 0 Å². The standard InChI is InChI=1S/C26H30F2N2O5S/c1-17(2)29-22-13-18(23(31)15-26(3)9-11-36(33,34)12-10-26)7-8-21(22)30(25(29)32)19-5-4-6-20(14-19)35-16-24(27)28/h4-8,13-14,17,24H,9-12,15-16H2,1-3H3. The number of benzene rings is 2. The number of Topliss-reactive ketones (excluding diaryl/α,β-unsaturated/α-hetero) is 1. The van der Waals surface area contributed by atoms with Gasteiger partial charge in [-0.1, -0.05) is 13.0 Å². The van der Waals surface area contributed by atoms with Crippen LogP contribution in [0.5, 0.6) is 5.75 Å². The maximum absolute atomic E-state index is 13.4. The van der Waals surface area contributed by atoms with Gasteiger partial charge in [-0.2, -0.15) is 0 Å². The molecule has 3 aromatic rings. The average Bonchev–Trinajstić information content (AvgIpc) is 3.11. The largest absolute Gasteiger partial charge is 0.488 e. The zero-order chi connectivity index (χ0) is 26.3. The summed E-state index contributed by atoms with van der Waals surface area (Å²) in [5, 5.41) is 0.